The van der Waals surface area contributed by atoms with Gasteiger partial charge in [0.15, 0.2) is 11.5 Å². The van der Waals surface area contributed by atoms with Crippen molar-refractivity contribution in [2.75, 3.05) is 47.5 Å². The first-order chi connectivity index (χ1) is 26.5. The smallest absolute Gasteiger partial charge is 0.229 e. The molecule has 0 spiro atoms. The van der Waals surface area contributed by atoms with Crippen LogP contribution in [-0.4, -0.2) is 77.9 Å². The normalized spacial score (nSPS) is 18.8. The number of aliphatic hydroxyl groups is 1. The number of allylic oxidation sites excluding steroid dienone is 3. The van der Waals surface area contributed by atoms with Gasteiger partial charge in [-0.25, -0.2) is 9.37 Å². The van der Waals surface area contributed by atoms with E-state index in [4.69, 9.17) is 42.4 Å². The number of imidazole rings is 1. The zero-order valence-electron chi connectivity index (χ0n) is 31.9. The third-order valence-electron chi connectivity index (χ3n) is 10.9. The summed E-state index contributed by atoms with van der Waals surface area (Å²) in [7, 11) is 4.72. The molecule has 2 fully saturated rings. The summed E-state index contributed by atoms with van der Waals surface area (Å²) >= 11 is 12.7. The van der Waals surface area contributed by atoms with E-state index in [-0.39, 0.29) is 11.7 Å². The molecular weight excluding hydrogens is 742 g/mol. The number of aromatic nitrogens is 2. The first-order valence-electron chi connectivity index (χ1n) is 18.6. The second-order valence-electron chi connectivity index (χ2n) is 14.4. The van der Waals surface area contributed by atoms with Crippen molar-refractivity contribution >= 4 is 35.2 Å². The maximum Gasteiger partial charge on any atom is 0.229 e. The quantitative estimate of drug-likeness (QED) is 0.121. The van der Waals surface area contributed by atoms with Gasteiger partial charge in [-0.1, -0.05) is 59.6 Å². The number of carbonyl (C=O) groups excluding carboxylic acids is 1. The number of halogens is 3. The molecule has 6 rings (SSSR count). The van der Waals surface area contributed by atoms with Gasteiger partial charge in [-0.15, -0.1) is 0 Å². The Morgan fingerprint density at radius 3 is 2.18 bits per heavy atom. The third kappa shape index (κ3) is 9.04. The Morgan fingerprint density at radius 1 is 0.855 bits per heavy atom. The van der Waals surface area contributed by atoms with Crippen LogP contribution in [0.4, 0.5) is 4.39 Å². The number of ether oxygens (including phenoxy) is 3. The number of methoxy groups -OCH3 is 3. The number of piperidine rings is 1. The summed E-state index contributed by atoms with van der Waals surface area (Å²) in [5.74, 6) is 1.97. The molecule has 2 aliphatic rings. The number of nitrogens with zero attached hydrogens (tertiary/aromatic N) is 4. The Morgan fingerprint density at radius 2 is 1.55 bits per heavy atom. The van der Waals surface area contributed by atoms with Crippen LogP contribution in [0.1, 0.15) is 60.8 Å². The summed E-state index contributed by atoms with van der Waals surface area (Å²) < 4.78 is 32.4. The number of likely N-dealkylation sites (tertiary alicyclic amines) is 2. The van der Waals surface area contributed by atoms with Crippen molar-refractivity contribution in [3.05, 3.63) is 123 Å². The summed E-state index contributed by atoms with van der Waals surface area (Å²) in [4.78, 5) is 23.6. The molecule has 1 N–H and O–H groups in total. The van der Waals surface area contributed by atoms with Gasteiger partial charge in [0.05, 0.1) is 48.7 Å². The lowest BCUT2D eigenvalue weighted by Gasteiger charge is -2.39. The van der Waals surface area contributed by atoms with Crippen molar-refractivity contribution in [3.63, 3.8) is 0 Å². The molecular formula is C43H49Cl2FN4O5. The molecule has 2 saturated heterocycles. The van der Waals surface area contributed by atoms with E-state index in [1.165, 1.54) is 12.1 Å². The second kappa shape index (κ2) is 17.6. The predicted molar refractivity (Wildman–Crippen MR) is 214 cm³/mol. The number of hydrogen-bond donors (Lipinski definition) is 1. The summed E-state index contributed by atoms with van der Waals surface area (Å²) in [5, 5.41) is 13.1. The van der Waals surface area contributed by atoms with Gasteiger partial charge < -0.3 is 33.7 Å². The molecule has 0 saturated carbocycles. The molecule has 1 unspecified atom stereocenters. The van der Waals surface area contributed by atoms with Crippen LogP contribution in [0.2, 0.25) is 10.0 Å². The highest BCUT2D eigenvalue weighted by Gasteiger charge is 2.47. The summed E-state index contributed by atoms with van der Waals surface area (Å²) in [6.07, 6.45) is 12.4. The second-order valence-corrected chi connectivity index (χ2v) is 15.3. The monoisotopic (exact) mass is 790 g/mol. The van der Waals surface area contributed by atoms with Gasteiger partial charge in [0.2, 0.25) is 11.7 Å². The van der Waals surface area contributed by atoms with Crippen LogP contribution in [0, 0.1) is 11.2 Å². The molecule has 0 aliphatic carbocycles. The van der Waals surface area contributed by atoms with E-state index in [9.17, 15) is 14.3 Å². The van der Waals surface area contributed by atoms with Gasteiger partial charge >= 0.3 is 0 Å². The van der Waals surface area contributed by atoms with Crippen LogP contribution >= 0.6 is 23.2 Å². The van der Waals surface area contributed by atoms with Gasteiger partial charge in [0, 0.05) is 32.7 Å². The maximum atomic E-state index is 14.6. The van der Waals surface area contributed by atoms with E-state index >= 15 is 0 Å². The van der Waals surface area contributed by atoms with E-state index in [1.54, 1.807) is 45.7 Å². The Bertz CT molecular complexity index is 2000. The highest BCUT2D eigenvalue weighted by molar-refractivity contribution is 6.42. The van der Waals surface area contributed by atoms with Crippen molar-refractivity contribution in [2.24, 2.45) is 5.41 Å². The number of rotatable bonds is 15. The summed E-state index contributed by atoms with van der Waals surface area (Å²) in [6, 6.07) is 15.8. The minimum Gasteiger partial charge on any atom is -0.493 e. The first kappa shape index (κ1) is 40.3. The van der Waals surface area contributed by atoms with Crippen molar-refractivity contribution in [3.8, 4) is 17.2 Å². The summed E-state index contributed by atoms with van der Waals surface area (Å²) in [5.41, 5.74) is 1.79. The van der Waals surface area contributed by atoms with Gasteiger partial charge in [-0.05, 0) is 105 Å². The fraction of sp³-hybridized carbons (Fsp3) is 0.395. The van der Waals surface area contributed by atoms with Crippen molar-refractivity contribution in [2.45, 2.75) is 57.7 Å². The SMILES string of the molecule is CC=CC=Cc1cnc(C2(O)CCN(CCC3(Cc4ccc(Cl)c(Cl)c4)CCN(Cc4cc(OC)c(OC)c(OC)c4)C3=O)CC2)n1Cc1ccc(F)cc1. The van der Waals surface area contributed by atoms with Gasteiger partial charge in [0.1, 0.15) is 17.2 Å². The number of benzene rings is 3. The van der Waals surface area contributed by atoms with Crippen molar-refractivity contribution < 1.29 is 28.5 Å². The Labute approximate surface area is 332 Å². The molecule has 3 heterocycles. The van der Waals surface area contributed by atoms with E-state index in [1.807, 2.05) is 65.0 Å². The molecule has 1 aromatic heterocycles. The average Bonchev–Trinajstić information content (AvgIpc) is 3.73. The Balaban J connectivity index is 1.19. The fourth-order valence-electron chi connectivity index (χ4n) is 7.85. The van der Waals surface area contributed by atoms with Gasteiger partial charge in [-0.2, -0.15) is 0 Å². The molecule has 292 valence electrons. The lowest BCUT2D eigenvalue weighted by atomic mass is 9.76. The lowest BCUT2D eigenvalue weighted by molar-refractivity contribution is -0.137. The van der Waals surface area contributed by atoms with E-state index < -0.39 is 11.0 Å². The number of hydrogen-bond acceptors (Lipinski definition) is 7. The standard InChI is InChI=1S/C43H49Cl2FN4O5/c1-5-6-7-8-34-27-47-40(50(34)29-30-9-12-33(46)13-10-30)43(52)17-20-48(21-18-43)19-15-42(26-31-11-14-35(44)36(45)23-31)16-22-49(41(42)51)28-32-24-37(53-2)39(55-4)38(25-32)54-3/h5-14,23-25,27,52H,15-22,26,28-29H2,1-4H3. The van der Waals surface area contributed by atoms with Crippen LogP contribution in [0.15, 0.2) is 79.0 Å². The minimum absolute atomic E-state index is 0.0853. The van der Waals surface area contributed by atoms with Crippen LogP contribution in [0.3, 0.4) is 0 Å². The average molecular weight is 792 g/mol. The Hall–Kier alpha value is -4.35. The lowest BCUT2D eigenvalue weighted by Crippen LogP contribution is -2.46. The van der Waals surface area contributed by atoms with Crippen molar-refractivity contribution in [1.29, 1.82) is 0 Å². The molecule has 9 nitrogen and oxygen atoms in total. The highest BCUT2D eigenvalue weighted by Crippen LogP contribution is 2.43. The van der Waals surface area contributed by atoms with Crippen LogP contribution in [-0.2, 0) is 29.9 Å². The molecule has 1 amide bonds. The molecule has 4 aromatic rings. The fourth-order valence-corrected chi connectivity index (χ4v) is 8.18. The van der Waals surface area contributed by atoms with Crippen molar-refractivity contribution in [1.82, 2.24) is 19.4 Å². The zero-order chi connectivity index (χ0) is 39.2. The van der Waals surface area contributed by atoms with E-state index in [0.29, 0.717) is 104 Å². The first-order valence-corrected chi connectivity index (χ1v) is 19.3. The summed E-state index contributed by atoms with van der Waals surface area (Å²) in [6.45, 7) is 5.34. The molecule has 0 radical (unpaired) electrons. The maximum absolute atomic E-state index is 14.6. The largest absolute Gasteiger partial charge is 0.493 e. The van der Waals surface area contributed by atoms with Crippen LogP contribution in [0.5, 0.6) is 17.2 Å². The predicted octanol–water partition coefficient (Wildman–Crippen LogP) is 8.33. The van der Waals surface area contributed by atoms with Gasteiger partial charge in [0.25, 0.3) is 0 Å². The Kier molecular flexibility index (Phi) is 12.9. The van der Waals surface area contributed by atoms with E-state index in [2.05, 4.69) is 4.90 Å². The molecule has 2 aliphatic heterocycles. The van der Waals surface area contributed by atoms with Crippen LogP contribution in [0.25, 0.3) is 6.08 Å². The van der Waals surface area contributed by atoms with E-state index in [0.717, 1.165) is 22.4 Å². The minimum atomic E-state index is -1.15. The van der Waals surface area contributed by atoms with Crippen LogP contribution < -0.4 is 14.2 Å². The van der Waals surface area contributed by atoms with Gasteiger partial charge in [-0.3, -0.25) is 4.79 Å². The molecule has 0 bridgehead atoms. The highest BCUT2D eigenvalue weighted by atomic mass is 35.5. The topological polar surface area (TPSA) is 89.3 Å². The molecule has 1 atom stereocenters. The molecule has 3 aromatic carbocycles. The molecule has 55 heavy (non-hydrogen) atoms. The number of carbonyl (C=O) groups is 1. The molecule has 12 heteroatoms. The third-order valence-corrected chi connectivity index (χ3v) is 11.7. The number of amides is 1. The zero-order valence-corrected chi connectivity index (χ0v) is 33.4.